The summed E-state index contributed by atoms with van der Waals surface area (Å²) in [7, 11) is 0. The van der Waals surface area contributed by atoms with Crippen LogP contribution in [0.25, 0.3) is 11.4 Å². The first-order valence-electron chi connectivity index (χ1n) is 5.54. The third kappa shape index (κ3) is 2.51. The van der Waals surface area contributed by atoms with Gasteiger partial charge in [0.15, 0.2) is 0 Å². The Balaban J connectivity index is 2.62. The first-order valence-corrected chi connectivity index (χ1v) is 5.54. The van der Waals surface area contributed by atoms with Crippen molar-refractivity contribution in [2.24, 2.45) is 0 Å². The number of hydrogen-bond donors (Lipinski definition) is 1. The van der Waals surface area contributed by atoms with Crippen LogP contribution in [0.15, 0.2) is 18.5 Å². The Kier molecular flexibility index (Phi) is 3.17. The molecule has 0 atom stereocenters. The number of nitrogens with zero attached hydrogens (tertiary/aromatic N) is 4. The third-order valence-corrected chi connectivity index (χ3v) is 2.50. The molecule has 0 bridgehead atoms. The van der Waals surface area contributed by atoms with E-state index in [1.807, 2.05) is 0 Å². The standard InChI is InChI=1S/C11H12F3N5/c1-6(2)19-8(5-17-9(19)11(12,13)14)7-3-4-16-10(15)18-7/h3-6H,1-2H3,(H2,15,16,18). The van der Waals surface area contributed by atoms with Gasteiger partial charge in [0.25, 0.3) is 0 Å². The quantitative estimate of drug-likeness (QED) is 0.911. The second-order valence-electron chi connectivity index (χ2n) is 4.23. The minimum atomic E-state index is -4.51. The number of alkyl halides is 3. The number of imidazole rings is 1. The molecule has 0 fully saturated rings. The van der Waals surface area contributed by atoms with Crippen LogP contribution in [-0.4, -0.2) is 19.5 Å². The molecule has 2 rings (SSSR count). The van der Waals surface area contributed by atoms with Gasteiger partial charge < -0.3 is 10.3 Å². The molecule has 2 aromatic heterocycles. The van der Waals surface area contributed by atoms with Crippen LogP contribution in [0.4, 0.5) is 19.1 Å². The lowest BCUT2D eigenvalue weighted by Crippen LogP contribution is -2.17. The molecule has 2 heterocycles. The van der Waals surface area contributed by atoms with E-state index in [1.54, 1.807) is 13.8 Å². The molecular weight excluding hydrogens is 259 g/mol. The van der Waals surface area contributed by atoms with Gasteiger partial charge in [0.2, 0.25) is 11.8 Å². The van der Waals surface area contributed by atoms with Crippen LogP contribution in [0.1, 0.15) is 25.7 Å². The Labute approximate surface area is 107 Å². The van der Waals surface area contributed by atoms with E-state index in [2.05, 4.69) is 15.0 Å². The summed E-state index contributed by atoms with van der Waals surface area (Å²) in [5.74, 6) is -0.947. The van der Waals surface area contributed by atoms with Gasteiger partial charge in [0, 0.05) is 12.2 Å². The summed E-state index contributed by atoms with van der Waals surface area (Å²) in [6.07, 6.45) is -1.98. The molecule has 2 aromatic rings. The van der Waals surface area contributed by atoms with Gasteiger partial charge in [-0.1, -0.05) is 0 Å². The second-order valence-corrected chi connectivity index (χ2v) is 4.23. The van der Waals surface area contributed by atoms with Crippen molar-refractivity contribution in [3.8, 4) is 11.4 Å². The average Bonchev–Trinajstić information content (AvgIpc) is 2.72. The number of nitrogens with two attached hydrogens (primary N) is 1. The number of hydrogen-bond acceptors (Lipinski definition) is 4. The van der Waals surface area contributed by atoms with Crippen LogP contribution in [0.5, 0.6) is 0 Å². The smallest absolute Gasteiger partial charge is 0.368 e. The Morgan fingerprint density at radius 1 is 1.26 bits per heavy atom. The van der Waals surface area contributed by atoms with Crippen molar-refractivity contribution in [2.75, 3.05) is 5.73 Å². The van der Waals surface area contributed by atoms with Crippen LogP contribution in [0, 0.1) is 0 Å². The minimum Gasteiger partial charge on any atom is -0.368 e. The van der Waals surface area contributed by atoms with E-state index in [4.69, 9.17) is 5.73 Å². The van der Waals surface area contributed by atoms with Crippen LogP contribution < -0.4 is 5.73 Å². The predicted octanol–water partition coefficient (Wildman–Crippen LogP) is 2.52. The van der Waals surface area contributed by atoms with Gasteiger partial charge in [-0.2, -0.15) is 13.2 Å². The highest BCUT2D eigenvalue weighted by molar-refractivity contribution is 5.55. The van der Waals surface area contributed by atoms with Gasteiger partial charge in [0.05, 0.1) is 17.6 Å². The van der Waals surface area contributed by atoms with Crippen molar-refractivity contribution in [3.05, 3.63) is 24.3 Å². The highest BCUT2D eigenvalue weighted by Crippen LogP contribution is 2.33. The number of anilines is 1. The summed E-state index contributed by atoms with van der Waals surface area (Å²) < 4.78 is 39.7. The van der Waals surface area contributed by atoms with Gasteiger partial charge >= 0.3 is 6.18 Å². The van der Waals surface area contributed by atoms with Crippen molar-refractivity contribution < 1.29 is 13.2 Å². The molecular formula is C11H12F3N5. The van der Waals surface area contributed by atoms with Crippen LogP contribution >= 0.6 is 0 Å². The largest absolute Gasteiger partial charge is 0.449 e. The number of aromatic nitrogens is 4. The molecule has 0 saturated carbocycles. The summed E-state index contributed by atoms with van der Waals surface area (Å²) in [6.45, 7) is 3.29. The van der Waals surface area contributed by atoms with Gasteiger partial charge in [-0.25, -0.2) is 15.0 Å². The molecule has 0 aromatic carbocycles. The lowest BCUT2D eigenvalue weighted by Gasteiger charge is -2.16. The summed E-state index contributed by atoms with van der Waals surface area (Å²) in [4.78, 5) is 11.1. The maximum atomic E-state index is 12.9. The van der Waals surface area contributed by atoms with Crippen molar-refractivity contribution in [3.63, 3.8) is 0 Å². The maximum absolute atomic E-state index is 12.9. The zero-order chi connectivity index (χ0) is 14.2. The van der Waals surface area contributed by atoms with E-state index in [1.165, 1.54) is 12.3 Å². The Hall–Kier alpha value is -2.12. The predicted molar refractivity (Wildman–Crippen MR) is 63.1 cm³/mol. The van der Waals surface area contributed by atoms with E-state index < -0.39 is 18.0 Å². The van der Waals surface area contributed by atoms with Crippen molar-refractivity contribution >= 4 is 5.95 Å². The van der Waals surface area contributed by atoms with E-state index in [-0.39, 0.29) is 11.6 Å². The molecule has 5 nitrogen and oxygen atoms in total. The van der Waals surface area contributed by atoms with Crippen molar-refractivity contribution in [2.45, 2.75) is 26.1 Å². The molecule has 0 aliphatic rings. The summed E-state index contributed by atoms with van der Waals surface area (Å²) in [5.41, 5.74) is 6.01. The fourth-order valence-electron chi connectivity index (χ4n) is 1.80. The summed E-state index contributed by atoms with van der Waals surface area (Å²) >= 11 is 0. The fourth-order valence-corrected chi connectivity index (χ4v) is 1.80. The summed E-state index contributed by atoms with van der Waals surface area (Å²) in [6, 6.07) is 1.08. The average molecular weight is 271 g/mol. The van der Waals surface area contributed by atoms with Crippen LogP contribution in [0.2, 0.25) is 0 Å². The van der Waals surface area contributed by atoms with Gasteiger partial charge in [-0.05, 0) is 19.9 Å². The number of halogens is 3. The first kappa shape index (κ1) is 13.3. The van der Waals surface area contributed by atoms with Gasteiger partial charge in [-0.15, -0.1) is 0 Å². The zero-order valence-corrected chi connectivity index (χ0v) is 10.3. The molecule has 0 saturated heterocycles. The van der Waals surface area contributed by atoms with Crippen LogP contribution in [0.3, 0.4) is 0 Å². The van der Waals surface area contributed by atoms with Crippen molar-refractivity contribution in [1.29, 1.82) is 0 Å². The van der Waals surface area contributed by atoms with E-state index in [0.29, 0.717) is 5.69 Å². The number of rotatable bonds is 2. The third-order valence-electron chi connectivity index (χ3n) is 2.50. The monoisotopic (exact) mass is 271 g/mol. The zero-order valence-electron chi connectivity index (χ0n) is 10.3. The van der Waals surface area contributed by atoms with Gasteiger partial charge in [-0.3, -0.25) is 0 Å². The van der Waals surface area contributed by atoms with E-state index in [9.17, 15) is 13.2 Å². The Bertz CT molecular complexity index is 588. The lowest BCUT2D eigenvalue weighted by atomic mass is 10.2. The molecule has 0 radical (unpaired) electrons. The molecule has 0 spiro atoms. The molecule has 0 unspecified atom stereocenters. The molecule has 19 heavy (non-hydrogen) atoms. The molecule has 102 valence electrons. The number of nitrogen functional groups attached to an aromatic ring is 1. The molecule has 0 aliphatic heterocycles. The SMILES string of the molecule is CC(C)n1c(-c2ccnc(N)n2)cnc1C(F)(F)F. The molecule has 0 aliphatic carbocycles. The minimum absolute atomic E-state index is 0.00237. The van der Waals surface area contributed by atoms with E-state index in [0.717, 1.165) is 10.8 Å². The van der Waals surface area contributed by atoms with Gasteiger partial charge in [0.1, 0.15) is 0 Å². The highest BCUT2D eigenvalue weighted by atomic mass is 19.4. The summed E-state index contributed by atoms with van der Waals surface area (Å²) in [5, 5.41) is 0. The Morgan fingerprint density at radius 3 is 2.47 bits per heavy atom. The topological polar surface area (TPSA) is 69.6 Å². The molecule has 0 amide bonds. The fraction of sp³-hybridized carbons (Fsp3) is 0.364. The van der Waals surface area contributed by atoms with E-state index >= 15 is 0 Å². The molecule has 8 heteroatoms. The second kappa shape index (κ2) is 4.52. The first-order chi connectivity index (χ1) is 8.80. The highest BCUT2D eigenvalue weighted by Gasteiger charge is 2.38. The molecule has 2 N–H and O–H groups in total. The lowest BCUT2D eigenvalue weighted by molar-refractivity contribution is -0.147. The maximum Gasteiger partial charge on any atom is 0.449 e. The Morgan fingerprint density at radius 2 is 1.95 bits per heavy atom. The van der Waals surface area contributed by atoms with Crippen molar-refractivity contribution in [1.82, 2.24) is 19.5 Å². The normalized spacial score (nSPS) is 12.1. The van der Waals surface area contributed by atoms with Crippen LogP contribution in [-0.2, 0) is 6.18 Å².